The molecule has 5 rings (SSSR count). The first kappa shape index (κ1) is 18.2. The summed E-state index contributed by atoms with van der Waals surface area (Å²) in [5.41, 5.74) is 2.11. The topological polar surface area (TPSA) is 84.1 Å². The van der Waals surface area contributed by atoms with Gasteiger partial charge in [0.2, 0.25) is 5.82 Å². The van der Waals surface area contributed by atoms with Gasteiger partial charge in [0, 0.05) is 43.6 Å². The number of carbonyl (C=O) groups is 1. The van der Waals surface area contributed by atoms with E-state index >= 15 is 0 Å². The number of aryl methyl sites for hydroxylation is 1. The van der Waals surface area contributed by atoms with Gasteiger partial charge in [0.15, 0.2) is 0 Å². The highest BCUT2D eigenvalue weighted by Crippen LogP contribution is 2.26. The van der Waals surface area contributed by atoms with Crippen LogP contribution in [0.25, 0.3) is 10.9 Å². The molecule has 1 saturated heterocycles. The first-order chi connectivity index (χ1) is 14.2. The van der Waals surface area contributed by atoms with Gasteiger partial charge in [-0.2, -0.15) is 0 Å². The molecule has 0 bridgehead atoms. The van der Waals surface area contributed by atoms with Crippen LogP contribution in [0.4, 0.5) is 0 Å². The fraction of sp³-hybridized carbons (Fsp3) is 0.455. The lowest BCUT2D eigenvalue weighted by Gasteiger charge is -2.17. The molecule has 3 aromatic rings. The molecule has 0 aliphatic carbocycles. The largest absolute Gasteiger partial charge is 0.391 e. The number of nitrogens with zero attached hydrogens (tertiary/aromatic N) is 5. The molecule has 2 atom stereocenters. The van der Waals surface area contributed by atoms with E-state index in [-0.39, 0.29) is 11.8 Å². The lowest BCUT2D eigenvalue weighted by atomic mass is 9.94. The van der Waals surface area contributed by atoms with Crippen LogP contribution in [0.15, 0.2) is 36.5 Å². The molecule has 7 nitrogen and oxygen atoms in total. The minimum Gasteiger partial charge on any atom is -0.391 e. The number of aliphatic hydroxyl groups excluding tert-OH is 1. The maximum Gasteiger partial charge on any atom is 0.291 e. The van der Waals surface area contributed by atoms with Gasteiger partial charge in [-0.15, -0.1) is 10.2 Å². The number of aromatic nitrogens is 4. The zero-order valence-electron chi connectivity index (χ0n) is 16.4. The van der Waals surface area contributed by atoms with E-state index in [4.69, 9.17) is 0 Å². The van der Waals surface area contributed by atoms with Crippen LogP contribution in [0.2, 0.25) is 0 Å². The van der Waals surface area contributed by atoms with Crippen molar-refractivity contribution in [1.82, 2.24) is 24.6 Å². The Kier molecular flexibility index (Phi) is 4.75. The number of para-hydroxylation sites is 1. The summed E-state index contributed by atoms with van der Waals surface area (Å²) in [5.74, 6) is 1.21. The highest BCUT2D eigenvalue weighted by molar-refractivity contribution is 5.91. The SMILES string of the molecule is O=C(c1nnc2n1CCCCC2)N1C[C@@H](Cc2ccnc3ccccc23)[C@@H](O)C1. The first-order valence-corrected chi connectivity index (χ1v) is 10.4. The van der Waals surface area contributed by atoms with Crippen molar-refractivity contribution in [3.63, 3.8) is 0 Å². The number of aliphatic hydroxyl groups is 1. The lowest BCUT2D eigenvalue weighted by molar-refractivity contribution is 0.0747. The van der Waals surface area contributed by atoms with Crippen molar-refractivity contribution in [1.29, 1.82) is 0 Å². The molecule has 2 aliphatic heterocycles. The molecule has 0 unspecified atom stereocenters. The van der Waals surface area contributed by atoms with Crippen molar-refractivity contribution >= 4 is 16.8 Å². The highest BCUT2D eigenvalue weighted by atomic mass is 16.3. The summed E-state index contributed by atoms with van der Waals surface area (Å²) in [5, 5.41) is 20.2. The van der Waals surface area contributed by atoms with Crippen molar-refractivity contribution < 1.29 is 9.90 Å². The number of fused-ring (bicyclic) bond motifs is 2. The van der Waals surface area contributed by atoms with E-state index in [1.807, 2.05) is 35.0 Å². The zero-order valence-corrected chi connectivity index (χ0v) is 16.4. The van der Waals surface area contributed by atoms with Gasteiger partial charge < -0.3 is 14.6 Å². The van der Waals surface area contributed by atoms with E-state index in [2.05, 4.69) is 21.2 Å². The number of hydrogen-bond donors (Lipinski definition) is 1. The summed E-state index contributed by atoms with van der Waals surface area (Å²) >= 11 is 0. The van der Waals surface area contributed by atoms with Gasteiger partial charge in [0.05, 0.1) is 11.6 Å². The van der Waals surface area contributed by atoms with Crippen LogP contribution < -0.4 is 0 Å². The van der Waals surface area contributed by atoms with E-state index < -0.39 is 6.10 Å². The quantitative estimate of drug-likeness (QED) is 0.740. The molecule has 2 aromatic heterocycles. The molecule has 0 saturated carbocycles. The third-order valence-electron chi connectivity index (χ3n) is 6.22. The van der Waals surface area contributed by atoms with Crippen LogP contribution in [0.3, 0.4) is 0 Å². The highest BCUT2D eigenvalue weighted by Gasteiger charge is 2.36. The molecular weight excluding hydrogens is 366 g/mol. The Morgan fingerprint density at radius 3 is 2.93 bits per heavy atom. The van der Waals surface area contributed by atoms with Crippen molar-refractivity contribution in [2.45, 2.75) is 44.8 Å². The number of β-amino-alcohol motifs (C(OH)–C–C–N with tert-alkyl or cyclic N) is 1. The number of rotatable bonds is 3. The summed E-state index contributed by atoms with van der Waals surface area (Å²) in [6.45, 7) is 1.67. The van der Waals surface area contributed by atoms with Crippen LogP contribution in [0, 0.1) is 5.92 Å². The van der Waals surface area contributed by atoms with Gasteiger partial charge in [-0.05, 0) is 37.0 Å². The second-order valence-electron chi connectivity index (χ2n) is 8.13. The molecule has 7 heteroatoms. The second kappa shape index (κ2) is 7.55. The number of likely N-dealkylation sites (tertiary alicyclic amines) is 1. The van der Waals surface area contributed by atoms with Crippen LogP contribution in [0.5, 0.6) is 0 Å². The third-order valence-corrected chi connectivity index (χ3v) is 6.22. The minimum atomic E-state index is -0.544. The molecule has 29 heavy (non-hydrogen) atoms. The summed E-state index contributed by atoms with van der Waals surface area (Å²) < 4.78 is 1.98. The molecule has 2 aliphatic rings. The fourth-order valence-electron chi connectivity index (χ4n) is 4.62. The maximum atomic E-state index is 13.1. The Labute approximate surface area is 169 Å². The number of pyridine rings is 1. The monoisotopic (exact) mass is 391 g/mol. The minimum absolute atomic E-state index is 0.00344. The van der Waals surface area contributed by atoms with Crippen LogP contribution >= 0.6 is 0 Å². The summed E-state index contributed by atoms with van der Waals surface area (Å²) in [4.78, 5) is 19.3. The van der Waals surface area contributed by atoms with Crippen molar-refractivity contribution in [2.75, 3.05) is 13.1 Å². The van der Waals surface area contributed by atoms with Gasteiger partial charge in [-0.25, -0.2) is 0 Å². The molecule has 0 radical (unpaired) electrons. The molecule has 0 spiro atoms. The average Bonchev–Trinajstić information content (AvgIpc) is 3.23. The second-order valence-corrected chi connectivity index (χ2v) is 8.13. The summed E-state index contributed by atoms with van der Waals surface area (Å²) in [6, 6.07) is 10.1. The van der Waals surface area contributed by atoms with Gasteiger partial charge in [-0.3, -0.25) is 9.78 Å². The number of benzene rings is 1. The number of hydrogen-bond acceptors (Lipinski definition) is 5. The Hall–Kier alpha value is -2.80. The fourth-order valence-corrected chi connectivity index (χ4v) is 4.62. The summed E-state index contributed by atoms with van der Waals surface area (Å²) in [6.07, 6.45) is 6.15. The van der Waals surface area contributed by atoms with E-state index in [1.54, 1.807) is 4.90 Å². The van der Waals surface area contributed by atoms with E-state index in [9.17, 15) is 9.90 Å². The average molecular weight is 391 g/mol. The lowest BCUT2D eigenvalue weighted by Crippen LogP contribution is -2.32. The van der Waals surface area contributed by atoms with Gasteiger partial charge in [-0.1, -0.05) is 24.6 Å². The van der Waals surface area contributed by atoms with Crippen molar-refractivity contribution in [3.05, 3.63) is 53.7 Å². The normalized spacial score (nSPS) is 21.9. The predicted octanol–water partition coefficient (Wildman–Crippen LogP) is 2.23. The summed E-state index contributed by atoms with van der Waals surface area (Å²) in [7, 11) is 0. The number of amides is 1. The zero-order chi connectivity index (χ0) is 19.8. The smallest absolute Gasteiger partial charge is 0.291 e. The Morgan fingerprint density at radius 1 is 1.10 bits per heavy atom. The standard InChI is InChI=1S/C22H25N5O2/c28-19-14-26(22(29)21-25-24-20-8-2-1-5-11-27(20)21)13-16(19)12-15-9-10-23-18-7-4-3-6-17(15)18/h3-4,6-7,9-10,16,19,28H,1-2,5,8,11-14H2/t16-,19+/m1/s1. The van der Waals surface area contributed by atoms with E-state index in [0.29, 0.717) is 25.3 Å². The van der Waals surface area contributed by atoms with Crippen LogP contribution in [-0.4, -0.2) is 54.9 Å². The Bertz CT molecular complexity index is 1040. The molecule has 150 valence electrons. The first-order valence-electron chi connectivity index (χ1n) is 10.4. The molecule has 1 N–H and O–H groups in total. The van der Waals surface area contributed by atoms with Crippen molar-refractivity contribution in [3.8, 4) is 0 Å². The van der Waals surface area contributed by atoms with Gasteiger partial charge in [0.1, 0.15) is 5.82 Å². The van der Waals surface area contributed by atoms with E-state index in [1.165, 1.54) is 0 Å². The number of carbonyl (C=O) groups excluding carboxylic acids is 1. The molecular formula is C22H25N5O2. The van der Waals surface area contributed by atoms with Gasteiger partial charge >= 0.3 is 0 Å². The molecule has 1 fully saturated rings. The maximum absolute atomic E-state index is 13.1. The van der Waals surface area contributed by atoms with Crippen LogP contribution in [-0.2, 0) is 19.4 Å². The van der Waals surface area contributed by atoms with Gasteiger partial charge in [0.25, 0.3) is 5.91 Å². The predicted molar refractivity (Wildman–Crippen MR) is 108 cm³/mol. The van der Waals surface area contributed by atoms with E-state index in [0.717, 1.165) is 54.5 Å². The third kappa shape index (κ3) is 3.40. The Balaban J connectivity index is 1.34. The van der Waals surface area contributed by atoms with Crippen LogP contribution in [0.1, 0.15) is 41.3 Å². The Morgan fingerprint density at radius 2 is 2.00 bits per heavy atom. The molecule has 1 aromatic carbocycles. The van der Waals surface area contributed by atoms with Crippen molar-refractivity contribution in [2.24, 2.45) is 5.92 Å². The molecule has 1 amide bonds. The molecule has 4 heterocycles.